The predicted molar refractivity (Wildman–Crippen MR) is 65.5 cm³/mol. The number of amidine groups is 1. The fourth-order valence-electron chi connectivity index (χ4n) is 1.40. The zero-order chi connectivity index (χ0) is 13.2. The first-order valence-corrected chi connectivity index (χ1v) is 6.82. The van der Waals surface area contributed by atoms with Crippen molar-refractivity contribution in [3.63, 3.8) is 0 Å². The standard InChI is InChI=1S/C11H14N2O4S/c1-9-3-5-10(6-4-9)18(14,15)17-12-11-13(2)7-8-16-11/h3-6H,7-8H2,1-2H3/b12-11-. The number of benzene rings is 1. The molecular weight excluding hydrogens is 256 g/mol. The Morgan fingerprint density at radius 2 is 2.00 bits per heavy atom. The smallest absolute Gasteiger partial charge is 0.358 e. The first-order valence-electron chi connectivity index (χ1n) is 5.41. The van der Waals surface area contributed by atoms with Gasteiger partial charge in [0.25, 0.3) is 0 Å². The van der Waals surface area contributed by atoms with Crippen LogP contribution in [0.25, 0.3) is 0 Å². The molecule has 0 bridgehead atoms. The van der Waals surface area contributed by atoms with Gasteiger partial charge in [-0.15, -0.1) is 0 Å². The fourth-order valence-corrected chi connectivity index (χ4v) is 2.12. The van der Waals surface area contributed by atoms with Crippen LogP contribution in [0.5, 0.6) is 0 Å². The highest BCUT2D eigenvalue weighted by molar-refractivity contribution is 7.86. The van der Waals surface area contributed by atoms with E-state index in [0.717, 1.165) is 5.56 Å². The van der Waals surface area contributed by atoms with Crippen molar-refractivity contribution in [2.75, 3.05) is 20.2 Å². The molecular formula is C11H14N2O4S. The van der Waals surface area contributed by atoms with Crippen molar-refractivity contribution < 1.29 is 17.4 Å². The molecule has 0 radical (unpaired) electrons. The minimum atomic E-state index is -3.88. The van der Waals surface area contributed by atoms with Crippen molar-refractivity contribution in [3.8, 4) is 0 Å². The summed E-state index contributed by atoms with van der Waals surface area (Å²) in [6.45, 7) is 3.01. The van der Waals surface area contributed by atoms with Crippen LogP contribution in [0.2, 0.25) is 0 Å². The molecule has 7 heteroatoms. The van der Waals surface area contributed by atoms with E-state index in [9.17, 15) is 8.42 Å². The molecule has 6 nitrogen and oxygen atoms in total. The van der Waals surface area contributed by atoms with Gasteiger partial charge in [-0.1, -0.05) is 17.7 Å². The fraction of sp³-hybridized carbons (Fsp3) is 0.364. The lowest BCUT2D eigenvalue weighted by Crippen LogP contribution is -2.20. The van der Waals surface area contributed by atoms with Crippen LogP contribution >= 0.6 is 0 Å². The van der Waals surface area contributed by atoms with Crippen molar-refractivity contribution in [3.05, 3.63) is 29.8 Å². The van der Waals surface area contributed by atoms with Crippen LogP contribution in [0, 0.1) is 6.92 Å². The van der Waals surface area contributed by atoms with Crippen LogP contribution in [0.15, 0.2) is 34.3 Å². The Balaban J connectivity index is 2.15. The second kappa shape index (κ2) is 4.85. The van der Waals surface area contributed by atoms with E-state index in [1.54, 1.807) is 24.1 Å². The lowest BCUT2D eigenvalue weighted by Gasteiger charge is -2.07. The average molecular weight is 270 g/mol. The van der Waals surface area contributed by atoms with Crippen LogP contribution in [0.4, 0.5) is 0 Å². The highest BCUT2D eigenvalue weighted by Crippen LogP contribution is 2.14. The maximum atomic E-state index is 11.8. The van der Waals surface area contributed by atoms with Gasteiger partial charge in [-0.3, -0.25) is 4.28 Å². The molecule has 0 N–H and O–H groups in total. The van der Waals surface area contributed by atoms with Gasteiger partial charge in [-0.05, 0) is 24.2 Å². The maximum absolute atomic E-state index is 11.8. The van der Waals surface area contributed by atoms with Gasteiger partial charge in [-0.25, -0.2) is 0 Å². The molecule has 0 aliphatic carbocycles. The van der Waals surface area contributed by atoms with Gasteiger partial charge in [0.15, 0.2) is 0 Å². The van der Waals surface area contributed by atoms with Gasteiger partial charge in [0.2, 0.25) is 0 Å². The van der Waals surface area contributed by atoms with Gasteiger partial charge < -0.3 is 9.64 Å². The predicted octanol–water partition coefficient (Wildman–Crippen LogP) is 0.933. The summed E-state index contributed by atoms with van der Waals surface area (Å²) in [5, 5.41) is 3.51. The Bertz CT molecular complexity index is 551. The molecule has 1 saturated heterocycles. The number of oxime groups is 1. The number of likely N-dealkylation sites (N-methyl/N-ethyl adjacent to an activating group) is 1. The Hall–Kier alpha value is -1.76. The molecule has 1 fully saturated rings. The number of hydrogen-bond acceptors (Lipinski definition) is 5. The second-order valence-corrected chi connectivity index (χ2v) is 5.51. The average Bonchev–Trinajstić information content (AvgIpc) is 2.73. The molecule has 0 spiro atoms. The molecule has 1 aliphatic rings. The number of nitrogens with zero attached hydrogens (tertiary/aromatic N) is 2. The molecule has 1 aromatic rings. The normalized spacial score (nSPS) is 17.9. The third-order valence-corrected chi connectivity index (χ3v) is 3.63. The van der Waals surface area contributed by atoms with Crippen LogP contribution < -0.4 is 0 Å². The summed E-state index contributed by atoms with van der Waals surface area (Å²) in [7, 11) is -2.14. The van der Waals surface area contributed by atoms with Crippen molar-refractivity contribution in [1.29, 1.82) is 0 Å². The van der Waals surface area contributed by atoms with Crippen molar-refractivity contribution in [1.82, 2.24) is 4.90 Å². The Morgan fingerprint density at radius 3 is 2.56 bits per heavy atom. The number of rotatable bonds is 3. The molecule has 1 heterocycles. The largest absolute Gasteiger partial charge is 0.461 e. The monoisotopic (exact) mass is 270 g/mol. The van der Waals surface area contributed by atoms with Gasteiger partial charge in [0, 0.05) is 7.05 Å². The molecule has 98 valence electrons. The summed E-state index contributed by atoms with van der Waals surface area (Å²) in [5.74, 6) is 0. The molecule has 18 heavy (non-hydrogen) atoms. The minimum Gasteiger partial charge on any atom is -0.461 e. The van der Waals surface area contributed by atoms with Crippen LogP contribution in [-0.2, 0) is 19.1 Å². The molecule has 1 aliphatic heterocycles. The van der Waals surface area contributed by atoms with E-state index >= 15 is 0 Å². The minimum absolute atomic E-state index is 0.0677. The van der Waals surface area contributed by atoms with Crippen molar-refractivity contribution >= 4 is 16.1 Å². The van der Waals surface area contributed by atoms with E-state index in [1.807, 2.05) is 6.92 Å². The molecule has 1 aromatic carbocycles. The summed E-state index contributed by atoms with van der Waals surface area (Å²) < 4.78 is 33.3. The second-order valence-electron chi connectivity index (χ2n) is 3.99. The summed E-state index contributed by atoms with van der Waals surface area (Å²) in [5.41, 5.74) is 0.971. The number of aryl methyl sites for hydroxylation is 1. The van der Waals surface area contributed by atoms with E-state index in [2.05, 4.69) is 9.44 Å². The zero-order valence-corrected chi connectivity index (χ0v) is 11.0. The summed E-state index contributed by atoms with van der Waals surface area (Å²) >= 11 is 0. The van der Waals surface area contributed by atoms with Crippen LogP contribution in [-0.4, -0.2) is 39.5 Å². The lowest BCUT2D eigenvalue weighted by molar-refractivity contribution is 0.289. The van der Waals surface area contributed by atoms with Gasteiger partial charge in [0.05, 0.1) is 6.54 Å². The van der Waals surface area contributed by atoms with Crippen LogP contribution in [0.3, 0.4) is 0 Å². The highest BCUT2D eigenvalue weighted by atomic mass is 32.2. The summed E-state index contributed by atoms with van der Waals surface area (Å²) in [4.78, 5) is 1.74. The van der Waals surface area contributed by atoms with Crippen molar-refractivity contribution in [2.45, 2.75) is 11.8 Å². The van der Waals surface area contributed by atoms with E-state index in [-0.39, 0.29) is 10.9 Å². The number of ether oxygens (including phenoxy) is 1. The first kappa shape index (κ1) is 12.7. The molecule has 0 unspecified atom stereocenters. The van der Waals surface area contributed by atoms with E-state index < -0.39 is 10.1 Å². The molecule has 0 saturated carbocycles. The Kier molecular flexibility index (Phi) is 3.42. The molecule has 0 aromatic heterocycles. The Morgan fingerprint density at radius 1 is 1.33 bits per heavy atom. The SMILES string of the molecule is Cc1ccc(S(=O)(=O)O/N=C2\OCCN2C)cc1. The maximum Gasteiger partial charge on any atom is 0.358 e. The third kappa shape index (κ3) is 2.73. The topological polar surface area (TPSA) is 68.2 Å². The van der Waals surface area contributed by atoms with Gasteiger partial charge in [0.1, 0.15) is 11.5 Å². The molecule has 0 amide bonds. The Labute approximate surface area is 106 Å². The highest BCUT2D eigenvalue weighted by Gasteiger charge is 2.20. The first-order chi connectivity index (χ1) is 8.49. The van der Waals surface area contributed by atoms with E-state index in [0.29, 0.717) is 13.2 Å². The number of hydrogen-bond donors (Lipinski definition) is 0. The van der Waals surface area contributed by atoms with Crippen LogP contribution in [0.1, 0.15) is 5.56 Å². The lowest BCUT2D eigenvalue weighted by atomic mass is 10.2. The van der Waals surface area contributed by atoms with Gasteiger partial charge in [-0.2, -0.15) is 8.42 Å². The van der Waals surface area contributed by atoms with E-state index in [1.165, 1.54) is 12.1 Å². The molecule has 2 rings (SSSR count). The quantitative estimate of drug-likeness (QED) is 0.764. The zero-order valence-electron chi connectivity index (χ0n) is 10.2. The van der Waals surface area contributed by atoms with Gasteiger partial charge >= 0.3 is 16.1 Å². The summed E-state index contributed by atoms with van der Waals surface area (Å²) in [6.07, 6.45) is 0. The third-order valence-electron chi connectivity index (χ3n) is 2.51. The summed E-state index contributed by atoms with van der Waals surface area (Å²) in [6, 6.07) is 6.52. The molecule has 0 atom stereocenters. The van der Waals surface area contributed by atoms with E-state index in [4.69, 9.17) is 4.74 Å². The van der Waals surface area contributed by atoms with Crippen molar-refractivity contribution in [2.24, 2.45) is 5.16 Å².